The second-order valence-electron chi connectivity index (χ2n) is 3.91. The predicted octanol–water partition coefficient (Wildman–Crippen LogP) is 0.942. The quantitative estimate of drug-likeness (QED) is 0.795. The van der Waals surface area contributed by atoms with Gasteiger partial charge in [0.25, 0.3) is 0 Å². The third-order valence-electron chi connectivity index (χ3n) is 2.17. The van der Waals surface area contributed by atoms with Gasteiger partial charge in [-0.15, -0.1) is 11.3 Å². The highest BCUT2D eigenvalue weighted by Crippen LogP contribution is 2.19. The molecule has 0 aromatic carbocycles. The van der Waals surface area contributed by atoms with E-state index in [-0.39, 0.29) is 5.91 Å². The molecular formula is C11H16N2O3S. The van der Waals surface area contributed by atoms with Crippen LogP contribution >= 0.6 is 11.3 Å². The predicted molar refractivity (Wildman–Crippen MR) is 66.0 cm³/mol. The summed E-state index contributed by atoms with van der Waals surface area (Å²) in [7, 11) is 3.72. The number of carboxylic acids is 1. The summed E-state index contributed by atoms with van der Waals surface area (Å²) in [5.74, 6) is -1.29. The standard InChI is InChI=1S/C11H16N2O3S/c1-13(2)6-5-9(14)12-10(11(15)16)8-4-3-7-17-8/h3-4,7,10H,5-6H2,1-2H3,(H,12,14)(H,15,16). The van der Waals surface area contributed by atoms with Gasteiger partial charge in [0, 0.05) is 17.8 Å². The number of aliphatic carboxylic acids is 1. The van der Waals surface area contributed by atoms with Crippen molar-refractivity contribution in [1.29, 1.82) is 0 Å². The minimum atomic E-state index is -1.04. The zero-order valence-electron chi connectivity index (χ0n) is 9.84. The smallest absolute Gasteiger partial charge is 0.331 e. The maximum absolute atomic E-state index is 11.6. The number of amides is 1. The third-order valence-corrected chi connectivity index (χ3v) is 3.10. The first-order chi connectivity index (χ1) is 8.00. The average Bonchev–Trinajstić information content (AvgIpc) is 2.75. The van der Waals surface area contributed by atoms with E-state index in [1.165, 1.54) is 11.3 Å². The van der Waals surface area contributed by atoms with Crippen LogP contribution in [-0.2, 0) is 9.59 Å². The van der Waals surface area contributed by atoms with Gasteiger partial charge in [0.2, 0.25) is 5.91 Å². The van der Waals surface area contributed by atoms with Gasteiger partial charge < -0.3 is 15.3 Å². The van der Waals surface area contributed by atoms with Crippen molar-refractivity contribution in [3.8, 4) is 0 Å². The first-order valence-corrected chi connectivity index (χ1v) is 6.09. The first kappa shape index (κ1) is 13.7. The molecule has 1 heterocycles. The molecule has 0 saturated carbocycles. The average molecular weight is 256 g/mol. The van der Waals surface area contributed by atoms with E-state index in [0.29, 0.717) is 17.8 Å². The van der Waals surface area contributed by atoms with Crippen LogP contribution in [0.3, 0.4) is 0 Å². The van der Waals surface area contributed by atoms with Gasteiger partial charge >= 0.3 is 5.97 Å². The summed E-state index contributed by atoms with van der Waals surface area (Å²) in [4.78, 5) is 25.1. The lowest BCUT2D eigenvalue weighted by Gasteiger charge is -2.14. The molecule has 0 saturated heterocycles. The summed E-state index contributed by atoms with van der Waals surface area (Å²) in [5.41, 5.74) is 0. The minimum Gasteiger partial charge on any atom is -0.479 e. The van der Waals surface area contributed by atoms with Crippen molar-refractivity contribution in [2.75, 3.05) is 20.6 Å². The summed E-state index contributed by atoms with van der Waals surface area (Å²) in [6.45, 7) is 0.600. The minimum absolute atomic E-state index is 0.250. The molecule has 1 unspecified atom stereocenters. The van der Waals surface area contributed by atoms with Gasteiger partial charge in [0.1, 0.15) is 0 Å². The molecule has 1 atom stereocenters. The van der Waals surface area contributed by atoms with E-state index in [2.05, 4.69) is 5.32 Å². The maximum atomic E-state index is 11.6. The Kier molecular flexibility index (Phi) is 5.11. The van der Waals surface area contributed by atoms with Crippen LogP contribution < -0.4 is 5.32 Å². The summed E-state index contributed by atoms with van der Waals surface area (Å²) < 4.78 is 0. The Bertz CT molecular complexity index is 376. The van der Waals surface area contributed by atoms with Crippen LogP contribution in [0, 0.1) is 0 Å². The largest absolute Gasteiger partial charge is 0.479 e. The molecule has 0 radical (unpaired) electrons. The Balaban J connectivity index is 2.56. The third kappa shape index (κ3) is 4.54. The fourth-order valence-electron chi connectivity index (χ4n) is 1.27. The molecule has 0 spiro atoms. The van der Waals surface area contributed by atoms with Crippen LogP contribution in [0.5, 0.6) is 0 Å². The molecule has 0 aliphatic heterocycles. The number of carbonyl (C=O) groups excluding carboxylic acids is 1. The van der Waals surface area contributed by atoms with E-state index >= 15 is 0 Å². The van der Waals surface area contributed by atoms with Crippen molar-refractivity contribution >= 4 is 23.2 Å². The van der Waals surface area contributed by atoms with E-state index in [9.17, 15) is 9.59 Å². The number of nitrogens with one attached hydrogen (secondary N) is 1. The van der Waals surface area contributed by atoms with Crippen molar-refractivity contribution in [3.05, 3.63) is 22.4 Å². The molecule has 2 N–H and O–H groups in total. The highest BCUT2D eigenvalue weighted by atomic mass is 32.1. The van der Waals surface area contributed by atoms with E-state index in [1.54, 1.807) is 17.5 Å². The molecule has 1 aromatic heterocycles. The van der Waals surface area contributed by atoms with Crippen LogP contribution in [-0.4, -0.2) is 42.5 Å². The SMILES string of the molecule is CN(C)CCC(=O)NC(C(=O)O)c1cccs1. The van der Waals surface area contributed by atoms with Crippen LogP contribution in [0.4, 0.5) is 0 Å². The second-order valence-corrected chi connectivity index (χ2v) is 4.89. The number of rotatable bonds is 6. The first-order valence-electron chi connectivity index (χ1n) is 5.21. The number of thiophene rings is 1. The van der Waals surface area contributed by atoms with Crippen molar-refractivity contribution in [2.45, 2.75) is 12.5 Å². The van der Waals surface area contributed by atoms with Gasteiger partial charge in [0.15, 0.2) is 6.04 Å². The monoisotopic (exact) mass is 256 g/mol. The van der Waals surface area contributed by atoms with Crippen molar-refractivity contribution < 1.29 is 14.7 Å². The second kappa shape index (κ2) is 6.36. The Morgan fingerprint density at radius 2 is 2.24 bits per heavy atom. The fraction of sp³-hybridized carbons (Fsp3) is 0.455. The van der Waals surface area contributed by atoms with Gasteiger partial charge in [-0.2, -0.15) is 0 Å². The molecule has 0 aliphatic carbocycles. The Morgan fingerprint density at radius 3 is 2.71 bits per heavy atom. The van der Waals surface area contributed by atoms with Gasteiger partial charge in [-0.1, -0.05) is 6.07 Å². The molecule has 0 bridgehead atoms. The molecule has 1 rings (SSSR count). The lowest BCUT2D eigenvalue weighted by molar-refractivity contribution is -0.142. The van der Waals surface area contributed by atoms with Crippen molar-refractivity contribution in [1.82, 2.24) is 10.2 Å². The lowest BCUT2D eigenvalue weighted by Crippen LogP contribution is -2.34. The van der Waals surface area contributed by atoms with Gasteiger partial charge in [-0.05, 0) is 25.5 Å². The zero-order valence-corrected chi connectivity index (χ0v) is 10.7. The summed E-state index contributed by atoms with van der Waals surface area (Å²) in [6.07, 6.45) is 0.294. The van der Waals surface area contributed by atoms with Gasteiger partial charge in [0.05, 0.1) is 0 Å². The van der Waals surface area contributed by atoms with Crippen LogP contribution in [0.1, 0.15) is 17.3 Å². The highest BCUT2D eigenvalue weighted by Gasteiger charge is 2.22. The molecule has 5 nitrogen and oxygen atoms in total. The van der Waals surface area contributed by atoms with E-state index in [4.69, 9.17) is 5.11 Å². The van der Waals surface area contributed by atoms with Crippen LogP contribution in [0.25, 0.3) is 0 Å². The van der Waals surface area contributed by atoms with E-state index in [0.717, 1.165) is 0 Å². The van der Waals surface area contributed by atoms with Gasteiger partial charge in [-0.3, -0.25) is 4.79 Å². The Hall–Kier alpha value is -1.40. The number of hydrogen-bond donors (Lipinski definition) is 2. The molecule has 0 aliphatic rings. The topological polar surface area (TPSA) is 69.6 Å². The molecule has 0 fully saturated rings. The maximum Gasteiger partial charge on any atom is 0.331 e. The summed E-state index contributed by atoms with van der Waals surface area (Å²) in [5, 5.41) is 13.4. The zero-order chi connectivity index (χ0) is 12.8. The fourth-order valence-corrected chi connectivity index (χ4v) is 2.04. The molecule has 17 heavy (non-hydrogen) atoms. The Morgan fingerprint density at radius 1 is 1.53 bits per heavy atom. The number of carboxylic acid groups (broad SMARTS) is 1. The molecule has 94 valence electrons. The van der Waals surface area contributed by atoms with E-state index in [1.807, 2.05) is 19.0 Å². The molecule has 6 heteroatoms. The van der Waals surface area contributed by atoms with Crippen LogP contribution in [0.15, 0.2) is 17.5 Å². The summed E-state index contributed by atoms with van der Waals surface area (Å²) >= 11 is 1.32. The van der Waals surface area contributed by atoms with Gasteiger partial charge in [-0.25, -0.2) is 4.79 Å². The lowest BCUT2D eigenvalue weighted by atomic mass is 10.2. The van der Waals surface area contributed by atoms with Crippen LogP contribution in [0.2, 0.25) is 0 Å². The molecular weight excluding hydrogens is 240 g/mol. The molecule has 1 aromatic rings. The normalized spacial score (nSPS) is 12.4. The Labute approximate surface area is 104 Å². The highest BCUT2D eigenvalue weighted by molar-refractivity contribution is 7.10. The number of hydrogen-bond acceptors (Lipinski definition) is 4. The molecule has 1 amide bonds. The summed E-state index contributed by atoms with van der Waals surface area (Å²) in [6, 6.07) is 2.53. The van der Waals surface area contributed by atoms with E-state index < -0.39 is 12.0 Å². The van der Waals surface area contributed by atoms with Crippen molar-refractivity contribution in [2.24, 2.45) is 0 Å². The number of carbonyl (C=O) groups is 2. The number of nitrogens with zero attached hydrogens (tertiary/aromatic N) is 1. The van der Waals surface area contributed by atoms with Crippen molar-refractivity contribution in [3.63, 3.8) is 0 Å².